The predicted molar refractivity (Wildman–Crippen MR) is 212 cm³/mol. The van der Waals surface area contributed by atoms with Crippen molar-refractivity contribution in [1.82, 2.24) is 29.1 Å². The van der Waals surface area contributed by atoms with Crippen LogP contribution in [-0.4, -0.2) is 82.9 Å². The van der Waals surface area contributed by atoms with E-state index in [1.54, 1.807) is 30.5 Å². The molecule has 12 heteroatoms. The SMILES string of the molecule is Cc1nc2c(Cc3ccc(S(=O)(=O)N(C)[C@@H](CC(C)C)C(=O)OCCN4CCC(=C5c6ccc(Cl)cc6CCc6cccnc65)CC4)cc3)nccc2[nH]1. The number of fused-ring (bicyclic) bond motifs is 3. The maximum absolute atomic E-state index is 13.8. The average molecular weight is 767 g/mol. The topological polar surface area (TPSA) is 121 Å². The van der Waals surface area contributed by atoms with E-state index in [1.165, 1.54) is 39.2 Å². The summed E-state index contributed by atoms with van der Waals surface area (Å²) in [6, 6.07) is 18.1. The Morgan fingerprint density at radius 2 is 1.74 bits per heavy atom. The zero-order chi connectivity index (χ0) is 38.0. The number of aromatic nitrogens is 4. The van der Waals surface area contributed by atoms with Crippen LogP contribution >= 0.6 is 11.6 Å². The lowest BCUT2D eigenvalue weighted by atomic mass is 9.88. The van der Waals surface area contributed by atoms with Gasteiger partial charge in [-0.3, -0.25) is 19.7 Å². The highest BCUT2D eigenvalue weighted by molar-refractivity contribution is 7.89. The number of aryl methyl sites for hydroxylation is 3. The molecule has 1 N–H and O–H groups in total. The molecule has 7 rings (SSSR count). The molecule has 2 aromatic carbocycles. The fraction of sp³-hybridized carbons (Fsp3) is 0.381. The summed E-state index contributed by atoms with van der Waals surface area (Å²) in [5.74, 6) is 0.349. The van der Waals surface area contributed by atoms with Crippen LogP contribution in [0.1, 0.15) is 72.6 Å². The molecule has 0 bridgehead atoms. The summed E-state index contributed by atoms with van der Waals surface area (Å²) in [6.07, 6.45) is 8.07. The first-order valence-corrected chi connectivity index (χ1v) is 20.5. The van der Waals surface area contributed by atoms with Crippen LogP contribution in [0.5, 0.6) is 0 Å². The van der Waals surface area contributed by atoms with Crippen molar-refractivity contribution in [2.24, 2.45) is 5.92 Å². The number of esters is 1. The number of benzene rings is 2. The third kappa shape index (κ3) is 8.15. The number of carbonyl (C=O) groups is 1. The van der Waals surface area contributed by atoms with Gasteiger partial charge in [-0.25, -0.2) is 13.4 Å². The van der Waals surface area contributed by atoms with Gasteiger partial charge in [-0.05, 0) is 104 Å². The highest BCUT2D eigenvalue weighted by Gasteiger charge is 2.35. The molecule has 4 heterocycles. The largest absolute Gasteiger partial charge is 0.463 e. The van der Waals surface area contributed by atoms with Gasteiger partial charge in [0.2, 0.25) is 10.0 Å². The molecule has 282 valence electrons. The molecule has 0 radical (unpaired) electrons. The molecule has 2 aliphatic rings. The van der Waals surface area contributed by atoms with Crippen LogP contribution in [0.25, 0.3) is 16.6 Å². The number of imidazole rings is 1. The summed E-state index contributed by atoms with van der Waals surface area (Å²) < 4.78 is 34.7. The average Bonchev–Trinajstić information content (AvgIpc) is 3.47. The lowest BCUT2D eigenvalue weighted by molar-refractivity contribution is -0.149. The number of likely N-dealkylation sites (tertiary alicyclic amines) is 1. The van der Waals surface area contributed by atoms with Gasteiger partial charge in [-0.1, -0.05) is 55.3 Å². The quantitative estimate of drug-likeness (QED) is 0.141. The molecule has 1 saturated heterocycles. The monoisotopic (exact) mass is 766 g/mol. The minimum Gasteiger partial charge on any atom is -0.463 e. The van der Waals surface area contributed by atoms with E-state index in [-0.39, 0.29) is 17.4 Å². The number of halogens is 1. The van der Waals surface area contributed by atoms with Gasteiger partial charge < -0.3 is 9.72 Å². The Morgan fingerprint density at radius 3 is 2.50 bits per heavy atom. The molecule has 0 spiro atoms. The zero-order valence-corrected chi connectivity index (χ0v) is 32.9. The van der Waals surface area contributed by atoms with Crippen LogP contribution in [0.15, 0.2) is 83.5 Å². The minimum atomic E-state index is -3.99. The first-order valence-electron chi connectivity index (χ1n) is 18.7. The Hall–Kier alpha value is -4.42. The lowest BCUT2D eigenvalue weighted by Crippen LogP contribution is -2.44. The van der Waals surface area contributed by atoms with E-state index < -0.39 is 22.0 Å². The Kier molecular flexibility index (Phi) is 11.3. The van der Waals surface area contributed by atoms with Crippen LogP contribution in [0.4, 0.5) is 0 Å². The molecule has 0 saturated carbocycles. The normalized spacial score (nSPS) is 15.7. The number of rotatable bonds is 11. The van der Waals surface area contributed by atoms with Crippen LogP contribution in [-0.2, 0) is 38.8 Å². The molecule has 10 nitrogen and oxygen atoms in total. The summed E-state index contributed by atoms with van der Waals surface area (Å²) in [5, 5.41) is 0.749. The van der Waals surface area contributed by atoms with Gasteiger partial charge in [0.15, 0.2) is 0 Å². The smallest absolute Gasteiger partial charge is 0.324 e. The van der Waals surface area contributed by atoms with Gasteiger partial charge in [0.25, 0.3) is 0 Å². The number of piperidine rings is 1. The maximum atomic E-state index is 13.8. The van der Waals surface area contributed by atoms with E-state index in [0.717, 1.165) is 77.6 Å². The van der Waals surface area contributed by atoms with Crippen molar-refractivity contribution in [3.05, 3.63) is 123 Å². The number of hydrogen-bond donors (Lipinski definition) is 1. The zero-order valence-electron chi connectivity index (χ0n) is 31.3. The minimum absolute atomic E-state index is 0.0711. The number of carbonyl (C=O) groups excluding carboxylic acids is 1. The second kappa shape index (κ2) is 16.1. The molecule has 1 aliphatic carbocycles. The third-order valence-electron chi connectivity index (χ3n) is 10.6. The Morgan fingerprint density at radius 1 is 0.981 bits per heavy atom. The first kappa shape index (κ1) is 37.9. The summed E-state index contributed by atoms with van der Waals surface area (Å²) >= 11 is 6.41. The molecule has 3 aromatic heterocycles. The number of hydrogen-bond acceptors (Lipinski definition) is 8. The Balaban J connectivity index is 0.982. The standard InChI is InChI=1S/C42H47ClN6O4S/c1-27(2)24-38(48(4)54(51,52)34-12-7-29(8-13-34)25-37-41-36(15-19-44-37)46-28(3)47-41)42(50)53-23-22-49-20-16-30(17-21-49)39-35-14-11-33(43)26-32(35)10-9-31-6-5-18-45-40(31)39/h5-8,11-15,18-19,26-27,38H,9-10,16-17,20-25H2,1-4H3,(H,46,47)/t38-/m0/s1. The summed E-state index contributed by atoms with van der Waals surface area (Å²) in [7, 11) is -2.52. The molecule has 0 amide bonds. The molecule has 54 heavy (non-hydrogen) atoms. The molecule has 5 aromatic rings. The van der Waals surface area contributed by atoms with Crippen molar-refractivity contribution < 1.29 is 17.9 Å². The number of likely N-dealkylation sites (N-methyl/N-ethyl adjacent to an activating group) is 1. The van der Waals surface area contributed by atoms with Gasteiger partial charge in [0.05, 0.1) is 21.8 Å². The molecule has 0 unspecified atom stereocenters. The summed E-state index contributed by atoms with van der Waals surface area (Å²) in [6.45, 7) is 8.25. The van der Waals surface area contributed by atoms with Gasteiger partial charge in [-0.2, -0.15) is 4.31 Å². The van der Waals surface area contributed by atoms with E-state index in [1.807, 2.05) is 45.2 Å². The van der Waals surface area contributed by atoms with Crippen molar-refractivity contribution in [2.45, 2.75) is 70.2 Å². The van der Waals surface area contributed by atoms with Crippen LogP contribution < -0.4 is 0 Å². The number of pyridine rings is 2. The molecular weight excluding hydrogens is 720 g/mol. The number of ether oxygens (including phenoxy) is 1. The van der Waals surface area contributed by atoms with E-state index in [0.29, 0.717) is 19.4 Å². The molecule has 1 fully saturated rings. The van der Waals surface area contributed by atoms with Crippen molar-refractivity contribution >= 4 is 44.2 Å². The van der Waals surface area contributed by atoms with Crippen LogP contribution in [0.2, 0.25) is 5.02 Å². The van der Waals surface area contributed by atoms with Crippen molar-refractivity contribution in [3.8, 4) is 0 Å². The van der Waals surface area contributed by atoms with Gasteiger partial charge in [0.1, 0.15) is 24.0 Å². The van der Waals surface area contributed by atoms with E-state index in [9.17, 15) is 13.2 Å². The Bertz CT molecular complexity index is 2290. The Labute approximate surface area is 322 Å². The molecule has 1 atom stereocenters. The number of nitrogens with zero attached hydrogens (tertiary/aromatic N) is 5. The second-order valence-electron chi connectivity index (χ2n) is 14.8. The molecule has 1 aliphatic heterocycles. The summed E-state index contributed by atoms with van der Waals surface area (Å²) in [4.78, 5) is 33.1. The van der Waals surface area contributed by atoms with Gasteiger partial charge in [0, 0.05) is 56.1 Å². The van der Waals surface area contributed by atoms with E-state index in [4.69, 9.17) is 21.3 Å². The van der Waals surface area contributed by atoms with Crippen LogP contribution in [0, 0.1) is 12.8 Å². The maximum Gasteiger partial charge on any atom is 0.324 e. The van der Waals surface area contributed by atoms with E-state index in [2.05, 4.69) is 38.1 Å². The molecular formula is C42H47ClN6O4S. The summed E-state index contributed by atoms with van der Waals surface area (Å²) in [5.41, 5.74) is 10.8. The number of aromatic amines is 1. The van der Waals surface area contributed by atoms with Crippen molar-refractivity contribution in [3.63, 3.8) is 0 Å². The number of sulfonamides is 1. The fourth-order valence-corrected chi connectivity index (χ4v) is 9.20. The highest BCUT2D eigenvalue weighted by atomic mass is 35.5. The third-order valence-corrected chi connectivity index (χ3v) is 12.7. The number of nitrogens with one attached hydrogen (secondary N) is 1. The number of H-pyrrole nitrogens is 1. The predicted octanol–water partition coefficient (Wildman–Crippen LogP) is 7.18. The van der Waals surface area contributed by atoms with Crippen LogP contribution in [0.3, 0.4) is 0 Å². The first-order chi connectivity index (χ1) is 26.0. The lowest BCUT2D eigenvalue weighted by Gasteiger charge is -2.31. The van der Waals surface area contributed by atoms with E-state index >= 15 is 0 Å². The van der Waals surface area contributed by atoms with Gasteiger partial charge >= 0.3 is 5.97 Å². The van der Waals surface area contributed by atoms with Crippen molar-refractivity contribution in [2.75, 3.05) is 33.3 Å². The van der Waals surface area contributed by atoms with Gasteiger partial charge in [-0.15, -0.1) is 0 Å². The highest BCUT2D eigenvalue weighted by Crippen LogP contribution is 2.38. The fourth-order valence-electron chi connectivity index (χ4n) is 7.69. The van der Waals surface area contributed by atoms with Crippen molar-refractivity contribution in [1.29, 1.82) is 0 Å². The second-order valence-corrected chi connectivity index (χ2v) is 17.2.